The maximum atomic E-state index is 12.0. The summed E-state index contributed by atoms with van der Waals surface area (Å²) in [5.41, 5.74) is 0. The van der Waals surface area contributed by atoms with Crippen LogP contribution in [-0.4, -0.2) is 49.4 Å². The molecule has 7 heteroatoms. The molecule has 0 saturated carbocycles. The number of furan rings is 1. The predicted octanol–water partition coefficient (Wildman–Crippen LogP) is 0.419. The molecule has 0 fully saturated rings. The second kappa shape index (κ2) is 7.32. The van der Waals surface area contributed by atoms with Crippen molar-refractivity contribution in [2.75, 3.05) is 20.7 Å². The Kier molecular flexibility index (Phi) is 5.76. The van der Waals surface area contributed by atoms with Crippen molar-refractivity contribution in [1.29, 1.82) is 0 Å². The van der Waals surface area contributed by atoms with Gasteiger partial charge in [0, 0.05) is 13.6 Å². The fraction of sp³-hybridized carbons (Fsp3) is 0.462. The number of ether oxygens (including phenoxy) is 1. The van der Waals surface area contributed by atoms with Crippen molar-refractivity contribution in [2.45, 2.75) is 19.4 Å². The standard InChI is InChI=1S/C13H18N2O5/c1-9(14-12(17)10-5-4-8-20-10)13(18)15(2)7-6-11(16)19-3/h4-5,8-9H,6-7H2,1-3H3,(H,14,17). The molecule has 110 valence electrons. The van der Waals surface area contributed by atoms with Crippen LogP contribution in [0.3, 0.4) is 0 Å². The molecule has 0 bridgehead atoms. The van der Waals surface area contributed by atoms with Crippen LogP contribution in [0.4, 0.5) is 0 Å². The number of nitrogens with zero attached hydrogens (tertiary/aromatic N) is 1. The van der Waals surface area contributed by atoms with Gasteiger partial charge < -0.3 is 19.4 Å². The first-order valence-corrected chi connectivity index (χ1v) is 6.12. The Hall–Kier alpha value is -2.31. The maximum absolute atomic E-state index is 12.0. The Morgan fingerprint density at radius 2 is 2.15 bits per heavy atom. The average molecular weight is 282 g/mol. The maximum Gasteiger partial charge on any atom is 0.307 e. The summed E-state index contributed by atoms with van der Waals surface area (Å²) >= 11 is 0. The molecular weight excluding hydrogens is 264 g/mol. The number of carbonyl (C=O) groups excluding carboxylic acids is 3. The lowest BCUT2D eigenvalue weighted by atomic mass is 10.2. The summed E-state index contributed by atoms with van der Waals surface area (Å²) in [6.07, 6.45) is 1.49. The third-order valence-electron chi connectivity index (χ3n) is 2.72. The summed E-state index contributed by atoms with van der Waals surface area (Å²) in [6, 6.07) is 2.38. The normalized spacial score (nSPS) is 11.6. The molecule has 0 aliphatic carbocycles. The zero-order valence-corrected chi connectivity index (χ0v) is 11.7. The van der Waals surface area contributed by atoms with E-state index >= 15 is 0 Å². The highest BCUT2D eigenvalue weighted by atomic mass is 16.5. The molecule has 0 saturated heterocycles. The van der Waals surface area contributed by atoms with Crippen molar-refractivity contribution in [2.24, 2.45) is 0 Å². The van der Waals surface area contributed by atoms with Crippen molar-refractivity contribution < 1.29 is 23.5 Å². The van der Waals surface area contributed by atoms with Gasteiger partial charge in [0.05, 0.1) is 19.8 Å². The molecule has 1 unspecified atom stereocenters. The average Bonchev–Trinajstić information content (AvgIpc) is 2.97. The SMILES string of the molecule is COC(=O)CCN(C)C(=O)C(C)NC(=O)c1ccco1. The van der Waals surface area contributed by atoms with Crippen LogP contribution in [-0.2, 0) is 14.3 Å². The molecule has 1 atom stereocenters. The number of likely N-dealkylation sites (N-methyl/N-ethyl adjacent to an activating group) is 1. The van der Waals surface area contributed by atoms with E-state index < -0.39 is 17.9 Å². The van der Waals surface area contributed by atoms with Crippen LogP contribution in [0.2, 0.25) is 0 Å². The Morgan fingerprint density at radius 3 is 2.70 bits per heavy atom. The van der Waals surface area contributed by atoms with Crippen molar-refractivity contribution in [1.82, 2.24) is 10.2 Å². The first-order valence-electron chi connectivity index (χ1n) is 6.12. The van der Waals surface area contributed by atoms with Crippen LogP contribution >= 0.6 is 0 Å². The number of hydrogen-bond acceptors (Lipinski definition) is 5. The fourth-order valence-corrected chi connectivity index (χ4v) is 1.54. The molecule has 0 radical (unpaired) electrons. The summed E-state index contributed by atoms with van der Waals surface area (Å²) < 4.78 is 9.43. The summed E-state index contributed by atoms with van der Waals surface area (Å²) in [7, 11) is 2.84. The van der Waals surface area contributed by atoms with Crippen LogP contribution in [0.25, 0.3) is 0 Å². The molecule has 1 N–H and O–H groups in total. The number of esters is 1. The number of hydrogen-bond donors (Lipinski definition) is 1. The minimum Gasteiger partial charge on any atom is -0.469 e. The van der Waals surface area contributed by atoms with E-state index in [9.17, 15) is 14.4 Å². The van der Waals surface area contributed by atoms with Gasteiger partial charge in [0.2, 0.25) is 5.91 Å². The monoisotopic (exact) mass is 282 g/mol. The van der Waals surface area contributed by atoms with Gasteiger partial charge in [0.15, 0.2) is 5.76 Å². The van der Waals surface area contributed by atoms with Gasteiger partial charge in [-0.05, 0) is 19.1 Å². The summed E-state index contributed by atoms with van der Waals surface area (Å²) in [5.74, 6) is -1.01. The largest absolute Gasteiger partial charge is 0.469 e. The highest BCUT2D eigenvalue weighted by Gasteiger charge is 2.21. The lowest BCUT2D eigenvalue weighted by Gasteiger charge is -2.21. The van der Waals surface area contributed by atoms with Gasteiger partial charge in [-0.1, -0.05) is 0 Å². The van der Waals surface area contributed by atoms with E-state index in [4.69, 9.17) is 4.42 Å². The highest BCUT2D eigenvalue weighted by molar-refractivity contribution is 5.95. The van der Waals surface area contributed by atoms with E-state index in [1.807, 2.05) is 0 Å². The minimum atomic E-state index is -0.713. The number of nitrogens with one attached hydrogen (secondary N) is 1. The number of amides is 2. The van der Waals surface area contributed by atoms with E-state index in [2.05, 4.69) is 10.1 Å². The number of rotatable bonds is 6. The van der Waals surface area contributed by atoms with Crippen LogP contribution in [0.15, 0.2) is 22.8 Å². The molecule has 0 aliphatic rings. The van der Waals surface area contributed by atoms with Crippen LogP contribution < -0.4 is 5.32 Å². The second-order valence-electron chi connectivity index (χ2n) is 4.26. The Morgan fingerprint density at radius 1 is 1.45 bits per heavy atom. The molecule has 1 aromatic rings. The van der Waals surface area contributed by atoms with Gasteiger partial charge in [-0.3, -0.25) is 14.4 Å². The predicted molar refractivity (Wildman–Crippen MR) is 69.9 cm³/mol. The molecule has 7 nitrogen and oxygen atoms in total. The zero-order chi connectivity index (χ0) is 15.1. The first-order chi connectivity index (χ1) is 9.45. The topological polar surface area (TPSA) is 88.9 Å². The molecule has 20 heavy (non-hydrogen) atoms. The van der Waals surface area contributed by atoms with E-state index in [1.54, 1.807) is 20.0 Å². The molecule has 1 aromatic heterocycles. The van der Waals surface area contributed by atoms with Gasteiger partial charge in [0.25, 0.3) is 5.91 Å². The second-order valence-corrected chi connectivity index (χ2v) is 4.26. The fourth-order valence-electron chi connectivity index (χ4n) is 1.54. The lowest BCUT2D eigenvalue weighted by Crippen LogP contribution is -2.46. The number of carbonyl (C=O) groups is 3. The summed E-state index contributed by atoms with van der Waals surface area (Å²) in [6.45, 7) is 1.80. The molecular formula is C13H18N2O5. The van der Waals surface area contributed by atoms with E-state index in [1.165, 1.54) is 24.3 Å². The van der Waals surface area contributed by atoms with Crippen molar-refractivity contribution in [3.8, 4) is 0 Å². The van der Waals surface area contributed by atoms with Crippen LogP contribution in [0.5, 0.6) is 0 Å². The molecule has 1 rings (SSSR count). The van der Waals surface area contributed by atoms with Crippen LogP contribution in [0, 0.1) is 0 Å². The molecule has 0 spiro atoms. The highest BCUT2D eigenvalue weighted by Crippen LogP contribution is 2.01. The van der Waals surface area contributed by atoms with Gasteiger partial charge in [-0.2, -0.15) is 0 Å². The van der Waals surface area contributed by atoms with E-state index in [-0.39, 0.29) is 24.6 Å². The Labute approximate surface area is 116 Å². The van der Waals surface area contributed by atoms with Crippen molar-refractivity contribution in [3.05, 3.63) is 24.2 Å². The Bertz CT molecular complexity index is 469. The third-order valence-corrected chi connectivity index (χ3v) is 2.72. The number of methoxy groups -OCH3 is 1. The van der Waals surface area contributed by atoms with Gasteiger partial charge in [-0.15, -0.1) is 0 Å². The van der Waals surface area contributed by atoms with Crippen LogP contribution in [0.1, 0.15) is 23.9 Å². The van der Waals surface area contributed by atoms with E-state index in [0.29, 0.717) is 0 Å². The first kappa shape index (κ1) is 15.7. The van der Waals surface area contributed by atoms with Gasteiger partial charge in [-0.25, -0.2) is 0 Å². The molecule has 0 aliphatic heterocycles. The Balaban J connectivity index is 2.45. The molecule has 2 amide bonds. The van der Waals surface area contributed by atoms with Crippen molar-refractivity contribution in [3.63, 3.8) is 0 Å². The minimum absolute atomic E-state index is 0.109. The third kappa shape index (κ3) is 4.42. The zero-order valence-electron chi connectivity index (χ0n) is 11.7. The molecule has 0 aromatic carbocycles. The van der Waals surface area contributed by atoms with Gasteiger partial charge >= 0.3 is 5.97 Å². The smallest absolute Gasteiger partial charge is 0.307 e. The molecule has 1 heterocycles. The van der Waals surface area contributed by atoms with Gasteiger partial charge in [0.1, 0.15) is 6.04 Å². The summed E-state index contributed by atoms with van der Waals surface area (Å²) in [4.78, 5) is 36.0. The van der Waals surface area contributed by atoms with Crippen molar-refractivity contribution >= 4 is 17.8 Å². The lowest BCUT2D eigenvalue weighted by molar-refractivity contribution is -0.141. The quantitative estimate of drug-likeness (QED) is 0.764. The van der Waals surface area contributed by atoms with E-state index in [0.717, 1.165) is 0 Å². The summed E-state index contributed by atoms with van der Waals surface area (Å²) in [5, 5.41) is 2.52.